The minimum Gasteiger partial charge on any atom is -0.354 e. The number of benzene rings is 2. The molecular formula is C16H15N5O. The van der Waals surface area contributed by atoms with Gasteiger partial charge in [0.25, 0.3) is 0 Å². The van der Waals surface area contributed by atoms with Crippen LogP contribution in [0.25, 0.3) is 0 Å². The molecule has 110 valence electrons. The van der Waals surface area contributed by atoms with Gasteiger partial charge in [-0.3, -0.25) is 4.79 Å². The lowest BCUT2D eigenvalue weighted by Crippen LogP contribution is -2.19. The Balaban J connectivity index is 1.72. The van der Waals surface area contributed by atoms with Gasteiger partial charge in [0.2, 0.25) is 5.91 Å². The maximum atomic E-state index is 12.1. The van der Waals surface area contributed by atoms with E-state index in [9.17, 15) is 4.79 Å². The normalized spacial score (nSPS) is 10.2. The smallest absolute Gasteiger partial charge is 0.246 e. The van der Waals surface area contributed by atoms with Crippen LogP contribution >= 0.6 is 0 Å². The number of carbonyl (C=O) groups excluding carboxylic acids is 1. The number of nitrogens with one attached hydrogen (secondary N) is 2. The molecule has 0 fully saturated rings. The molecule has 0 aliphatic heterocycles. The number of amides is 1. The third-order valence-corrected chi connectivity index (χ3v) is 3.03. The molecule has 0 saturated carbocycles. The molecule has 0 spiro atoms. The summed E-state index contributed by atoms with van der Waals surface area (Å²) in [6.07, 6.45) is 3.19. The van der Waals surface area contributed by atoms with Gasteiger partial charge in [0.1, 0.15) is 6.54 Å². The van der Waals surface area contributed by atoms with E-state index in [1.807, 2.05) is 54.6 Å². The number of aromatic nitrogens is 3. The number of hydrogen-bond donors (Lipinski definition) is 2. The van der Waals surface area contributed by atoms with E-state index in [1.165, 1.54) is 10.9 Å². The van der Waals surface area contributed by atoms with Crippen molar-refractivity contribution in [2.24, 2.45) is 0 Å². The number of rotatable bonds is 5. The van der Waals surface area contributed by atoms with E-state index in [2.05, 4.69) is 20.9 Å². The molecular weight excluding hydrogens is 278 g/mol. The van der Waals surface area contributed by atoms with Gasteiger partial charge in [-0.15, -0.1) is 5.10 Å². The van der Waals surface area contributed by atoms with Gasteiger partial charge in [-0.2, -0.15) is 0 Å². The first-order valence-corrected chi connectivity index (χ1v) is 6.86. The quantitative estimate of drug-likeness (QED) is 0.758. The van der Waals surface area contributed by atoms with Crippen molar-refractivity contribution >= 4 is 23.0 Å². The van der Waals surface area contributed by atoms with Crippen LogP contribution in [-0.4, -0.2) is 20.9 Å². The fourth-order valence-corrected chi connectivity index (χ4v) is 2.03. The minimum absolute atomic E-state index is 0.125. The van der Waals surface area contributed by atoms with E-state index in [0.29, 0.717) is 0 Å². The summed E-state index contributed by atoms with van der Waals surface area (Å²) < 4.78 is 1.47. The molecule has 1 heterocycles. The lowest BCUT2D eigenvalue weighted by Gasteiger charge is -2.13. The molecule has 22 heavy (non-hydrogen) atoms. The highest BCUT2D eigenvalue weighted by molar-refractivity contribution is 5.94. The standard InChI is InChI=1S/C16H15N5O/c22-16(12-21-11-10-17-20-21)19-15-9-5-4-8-14(15)18-13-6-2-1-3-7-13/h1-11,18H,12H2,(H,19,22). The summed E-state index contributed by atoms with van der Waals surface area (Å²) in [5.74, 6) is -0.159. The molecule has 3 aromatic rings. The molecule has 0 aliphatic carbocycles. The Kier molecular flexibility index (Phi) is 4.10. The van der Waals surface area contributed by atoms with Crippen molar-refractivity contribution in [3.05, 3.63) is 67.0 Å². The predicted octanol–water partition coefficient (Wildman–Crippen LogP) is 2.66. The molecule has 1 amide bonds. The van der Waals surface area contributed by atoms with Crippen molar-refractivity contribution in [1.29, 1.82) is 0 Å². The van der Waals surface area contributed by atoms with Crippen molar-refractivity contribution < 1.29 is 4.79 Å². The van der Waals surface area contributed by atoms with Crippen molar-refractivity contribution in [3.8, 4) is 0 Å². The number of anilines is 3. The summed E-state index contributed by atoms with van der Waals surface area (Å²) in [5, 5.41) is 13.6. The van der Waals surface area contributed by atoms with Crippen molar-refractivity contribution in [2.45, 2.75) is 6.54 Å². The van der Waals surface area contributed by atoms with Crippen LogP contribution in [-0.2, 0) is 11.3 Å². The van der Waals surface area contributed by atoms with Crippen molar-refractivity contribution in [3.63, 3.8) is 0 Å². The average molecular weight is 293 g/mol. The number of carbonyl (C=O) groups is 1. The zero-order valence-corrected chi connectivity index (χ0v) is 11.8. The first-order valence-electron chi connectivity index (χ1n) is 6.86. The minimum atomic E-state index is -0.159. The number of nitrogens with zero attached hydrogens (tertiary/aromatic N) is 3. The summed E-state index contributed by atoms with van der Waals surface area (Å²) >= 11 is 0. The molecule has 0 bridgehead atoms. The van der Waals surface area contributed by atoms with Gasteiger partial charge in [-0.25, -0.2) is 4.68 Å². The Bertz CT molecular complexity index is 740. The summed E-state index contributed by atoms with van der Waals surface area (Å²) in [5.41, 5.74) is 2.51. The zero-order chi connectivity index (χ0) is 15.2. The van der Waals surface area contributed by atoms with Gasteiger partial charge in [0.05, 0.1) is 17.6 Å². The molecule has 0 saturated heterocycles. The molecule has 2 N–H and O–H groups in total. The van der Waals surface area contributed by atoms with Gasteiger partial charge >= 0.3 is 0 Å². The maximum absolute atomic E-state index is 12.1. The molecule has 0 unspecified atom stereocenters. The lowest BCUT2D eigenvalue weighted by molar-refractivity contribution is -0.116. The molecule has 0 radical (unpaired) electrons. The second-order valence-electron chi connectivity index (χ2n) is 4.69. The largest absolute Gasteiger partial charge is 0.354 e. The molecule has 0 aliphatic rings. The van der Waals surface area contributed by atoms with E-state index >= 15 is 0 Å². The first kappa shape index (κ1) is 13.8. The zero-order valence-electron chi connectivity index (χ0n) is 11.8. The van der Waals surface area contributed by atoms with Crippen LogP contribution in [0.4, 0.5) is 17.1 Å². The molecule has 3 rings (SSSR count). The van der Waals surface area contributed by atoms with Crippen LogP contribution in [0.5, 0.6) is 0 Å². The number of para-hydroxylation sites is 3. The van der Waals surface area contributed by atoms with Crippen LogP contribution in [0.1, 0.15) is 0 Å². The summed E-state index contributed by atoms with van der Waals surface area (Å²) in [6.45, 7) is 0.125. The third-order valence-electron chi connectivity index (χ3n) is 3.03. The summed E-state index contributed by atoms with van der Waals surface area (Å²) in [7, 11) is 0. The van der Waals surface area contributed by atoms with E-state index < -0.39 is 0 Å². The SMILES string of the molecule is O=C(Cn1ccnn1)Nc1ccccc1Nc1ccccc1. The van der Waals surface area contributed by atoms with Crippen LogP contribution in [0, 0.1) is 0 Å². The van der Waals surface area contributed by atoms with Gasteiger partial charge in [-0.05, 0) is 24.3 Å². The van der Waals surface area contributed by atoms with Gasteiger partial charge in [-0.1, -0.05) is 35.5 Å². The Morgan fingerprint density at radius 1 is 1.00 bits per heavy atom. The Hall–Kier alpha value is -3.15. The average Bonchev–Trinajstić information content (AvgIpc) is 3.03. The van der Waals surface area contributed by atoms with Crippen LogP contribution in [0.15, 0.2) is 67.0 Å². The number of hydrogen-bond acceptors (Lipinski definition) is 4. The maximum Gasteiger partial charge on any atom is 0.246 e. The monoisotopic (exact) mass is 293 g/mol. The highest BCUT2D eigenvalue weighted by Crippen LogP contribution is 2.25. The Morgan fingerprint density at radius 2 is 1.73 bits per heavy atom. The fourth-order valence-electron chi connectivity index (χ4n) is 2.03. The lowest BCUT2D eigenvalue weighted by atomic mass is 10.2. The second kappa shape index (κ2) is 6.53. The van der Waals surface area contributed by atoms with Crippen LogP contribution in [0.3, 0.4) is 0 Å². The van der Waals surface area contributed by atoms with E-state index in [4.69, 9.17) is 0 Å². The second-order valence-corrected chi connectivity index (χ2v) is 4.69. The first-order chi connectivity index (χ1) is 10.8. The van der Waals surface area contributed by atoms with Gasteiger partial charge in [0, 0.05) is 11.9 Å². The Morgan fingerprint density at radius 3 is 2.45 bits per heavy atom. The fraction of sp³-hybridized carbons (Fsp3) is 0.0625. The van der Waals surface area contributed by atoms with Gasteiger partial charge < -0.3 is 10.6 Å². The highest BCUT2D eigenvalue weighted by Gasteiger charge is 2.07. The molecule has 2 aromatic carbocycles. The summed E-state index contributed by atoms with van der Waals surface area (Å²) in [6, 6.07) is 17.4. The molecule has 0 atom stereocenters. The molecule has 6 heteroatoms. The van der Waals surface area contributed by atoms with E-state index in [0.717, 1.165) is 17.1 Å². The topological polar surface area (TPSA) is 71.8 Å². The third kappa shape index (κ3) is 3.49. The highest BCUT2D eigenvalue weighted by atomic mass is 16.2. The molecule has 6 nitrogen and oxygen atoms in total. The van der Waals surface area contributed by atoms with Crippen molar-refractivity contribution in [1.82, 2.24) is 15.0 Å². The van der Waals surface area contributed by atoms with Crippen molar-refractivity contribution in [2.75, 3.05) is 10.6 Å². The van der Waals surface area contributed by atoms with Gasteiger partial charge in [0.15, 0.2) is 0 Å². The van der Waals surface area contributed by atoms with E-state index in [-0.39, 0.29) is 12.5 Å². The van der Waals surface area contributed by atoms with E-state index in [1.54, 1.807) is 6.20 Å². The summed E-state index contributed by atoms with van der Waals surface area (Å²) in [4.78, 5) is 12.1. The predicted molar refractivity (Wildman–Crippen MR) is 84.8 cm³/mol. The molecule has 1 aromatic heterocycles. The van der Waals surface area contributed by atoms with Crippen LogP contribution in [0.2, 0.25) is 0 Å². The van der Waals surface area contributed by atoms with Crippen LogP contribution < -0.4 is 10.6 Å². The Labute approximate surface area is 127 Å².